The Labute approximate surface area is 202 Å². The molecule has 0 atom stereocenters. The topological polar surface area (TPSA) is 115 Å². The molecule has 0 unspecified atom stereocenters. The standard InChI is InChI=1S/C23H24ClN3O6S/c1-15-22(21(33-26-15)8-6-18-4-3-13-32-18)34(29,30)27-11-9-16(10-12-27)23(28)25-19-14-17(24)5-7-20(19)31-2/h3-8,13-14,16H,9-12H2,1-2H3,(H,25,28)/b8-6+. The van der Waals surface area contributed by atoms with E-state index in [1.807, 2.05) is 0 Å². The summed E-state index contributed by atoms with van der Waals surface area (Å²) in [7, 11) is -2.36. The van der Waals surface area contributed by atoms with Crippen LogP contribution >= 0.6 is 11.6 Å². The Balaban J connectivity index is 1.45. The van der Waals surface area contributed by atoms with Crippen LogP contribution in [0.3, 0.4) is 0 Å². The molecular weight excluding hydrogens is 482 g/mol. The highest BCUT2D eigenvalue weighted by molar-refractivity contribution is 7.89. The fourth-order valence-electron chi connectivity index (χ4n) is 3.84. The molecule has 4 rings (SSSR count). The number of rotatable bonds is 7. The van der Waals surface area contributed by atoms with Crippen LogP contribution in [0.15, 0.2) is 50.4 Å². The molecule has 1 amide bonds. The van der Waals surface area contributed by atoms with Gasteiger partial charge in [-0.3, -0.25) is 4.79 Å². The van der Waals surface area contributed by atoms with Crippen molar-refractivity contribution < 1.29 is 26.9 Å². The first-order chi connectivity index (χ1) is 16.3. The van der Waals surface area contributed by atoms with E-state index in [0.29, 0.717) is 35.1 Å². The summed E-state index contributed by atoms with van der Waals surface area (Å²) in [6, 6.07) is 8.43. The zero-order chi connectivity index (χ0) is 24.3. The lowest BCUT2D eigenvalue weighted by molar-refractivity contribution is -0.120. The number of nitrogens with one attached hydrogen (secondary N) is 1. The number of aromatic nitrogens is 1. The van der Waals surface area contributed by atoms with Crippen LogP contribution in [-0.2, 0) is 14.8 Å². The van der Waals surface area contributed by atoms with Gasteiger partial charge in [0, 0.05) is 24.0 Å². The van der Waals surface area contributed by atoms with E-state index in [4.69, 9.17) is 25.3 Å². The van der Waals surface area contributed by atoms with Crippen LogP contribution in [0.5, 0.6) is 5.75 Å². The highest BCUT2D eigenvalue weighted by atomic mass is 35.5. The van der Waals surface area contributed by atoms with Gasteiger partial charge in [0.15, 0.2) is 10.7 Å². The number of nitrogens with zero attached hydrogens (tertiary/aromatic N) is 2. The monoisotopic (exact) mass is 505 g/mol. The minimum absolute atomic E-state index is 0.0156. The first-order valence-electron chi connectivity index (χ1n) is 10.6. The van der Waals surface area contributed by atoms with Gasteiger partial charge in [0.25, 0.3) is 0 Å². The van der Waals surface area contributed by atoms with Gasteiger partial charge in [-0.05, 0) is 62.2 Å². The molecule has 1 aliphatic heterocycles. The molecule has 1 N–H and O–H groups in total. The molecule has 11 heteroatoms. The van der Waals surface area contributed by atoms with Crippen LogP contribution in [0, 0.1) is 12.8 Å². The lowest BCUT2D eigenvalue weighted by Gasteiger charge is -2.30. The predicted octanol–water partition coefficient (Wildman–Crippen LogP) is 4.45. The van der Waals surface area contributed by atoms with Crippen LogP contribution < -0.4 is 10.1 Å². The molecular formula is C23H24ClN3O6S. The maximum Gasteiger partial charge on any atom is 0.248 e. The van der Waals surface area contributed by atoms with Crippen LogP contribution in [0.25, 0.3) is 12.2 Å². The lowest BCUT2D eigenvalue weighted by Crippen LogP contribution is -2.41. The number of ether oxygens (including phenoxy) is 1. The molecule has 0 aliphatic carbocycles. The first-order valence-corrected chi connectivity index (χ1v) is 12.4. The summed E-state index contributed by atoms with van der Waals surface area (Å²) < 4.78 is 43.9. The number of carbonyl (C=O) groups excluding carboxylic acids is 1. The number of methoxy groups -OCH3 is 1. The third-order valence-corrected chi connectivity index (χ3v) is 7.91. The highest BCUT2D eigenvalue weighted by Crippen LogP contribution is 2.31. The molecule has 1 aliphatic rings. The van der Waals surface area contributed by atoms with Crippen LogP contribution in [0.4, 0.5) is 5.69 Å². The van der Waals surface area contributed by atoms with Crippen LogP contribution in [0.2, 0.25) is 5.02 Å². The van der Waals surface area contributed by atoms with Gasteiger partial charge in [-0.15, -0.1) is 0 Å². The number of anilines is 1. The number of halogens is 1. The Morgan fingerprint density at radius 2 is 2.03 bits per heavy atom. The third-order valence-electron chi connectivity index (χ3n) is 5.62. The number of hydrogen-bond acceptors (Lipinski definition) is 7. The van der Waals surface area contributed by atoms with Crippen molar-refractivity contribution in [1.29, 1.82) is 0 Å². The maximum atomic E-state index is 13.4. The fraction of sp³-hybridized carbons (Fsp3) is 0.304. The normalized spacial score (nSPS) is 15.6. The minimum atomic E-state index is -3.87. The van der Waals surface area contributed by atoms with E-state index in [-0.39, 0.29) is 41.3 Å². The van der Waals surface area contributed by atoms with Gasteiger partial charge in [0.1, 0.15) is 17.2 Å². The van der Waals surface area contributed by atoms with Crippen molar-refractivity contribution in [3.8, 4) is 5.75 Å². The zero-order valence-corrected chi connectivity index (χ0v) is 20.2. The molecule has 9 nitrogen and oxygen atoms in total. The fourth-order valence-corrected chi connectivity index (χ4v) is 5.73. The smallest absolute Gasteiger partial charge is 0.248 e. The van der Waals surface area contributed by atoms with Gasteiger partial charge in [-0.25, -0.2) is 8.42 Å². The van der Waals surface area contributed by atoms with Crippen molar-refractivity contribution in [3.05, 3.63) is 58.8 Å². The van der Waals surface area contributed by atoms with Crippen molar-refractivity contribution in [2.45, 2.75) is 24.7 Å². The second-order valence-corrected chi connectivity index (χ2v) is 10.1. The molecule has 2 aromatic heterocycles. The molecule has 0 saturated carbocycles. The second kappa shape index (κ2) is 10.0. The zero-order valence-electron chi connectivity index (χ0n) is 18.7. The van der Waals surface area contributed by atoms with E-state index >= 15 is 0 Å². The van der Waals surface area contributed by atoms with Crippen molar-refractivity contribution in [1.82, 2.24) is 9.46 Å². The van der Waals surface area contributed by atoms with Gasteiger partial charge in [-0.1, -0.05) is 16.8 Å². The van der Waals surface area contributed by atoms with Crippen molar-refractivity contribution in [3.63, 3.8) is 0 Å². The van der Waals surface area contributed by atoms with Gasteiger partial charge in [0.2, 0.25) is 15.9 Å². The number of hydrogen-bond donors (Lipinski definition) is 1. The molecule has 0 spiro atoms. The van der Waals surface area contributed by atoms with E-state index in [1.165, 1.54) is 23.8 Å². The second-order valence-electron chi connectivity index (χ2n) is 7.82. The van der Waals surface area contributed by atoms with E-state index in [1.54, 1.807) is 43.3 Å². The summed E-state index contributed by atoms with van der Waals surface area (Å²) in [5, 5.41) is 7.15. The number of furan rings is 1. The Morgan fingerprint density at radius 3 is 2.71 bits per heavy atom. The van der Waals surface area contributed by atoms with Crippen molar-refractivity contribution >= 4 is 45.4 Å². The first kappa shape index (κ1) is 24.1. The number of sulfonamides is 1. The maximum absolute atomic E-state index is 13.4. The minimum Gasteiger partial charge on any atom is -0.495 e. The predicted molar refractivity (Wildman–Crippen MR) is 127 cm³/mol. The van der Waals surface area contributed by atoms with Gasteiger partial charge < -0.3 is 19.0 Å². The van der Waals surface area contributed by atoms with Crippen molar-refractivity contribution in [2.24, 2.45) is 5.92 Å². The van der Waals surface area contributed by atoms with Crippen LogP contribution in [0.1, 0.15) is 30.1 Å². The number of aryl methyl sites for hydroxylation is 1. The molecule has 3 heterocycles. The third kappa shape index (κ3) is 5.03. The van der Waals surface area contributed by atoms with E-state index in [2.05, 4.69) is 10.5 Å². The summed E-state index contributed by atoms with van der Waals surface area (Å²) in [6.45, 7) is 1.97. The Bertz CT molecular complexity index is 1290. The number of carbonyl (C=O) groups is 1. The van der Waals surface area contributed by atoms with Crippen LogP contribution in [-0.4, -0.2) is 44.0 Å². The molecule has 1 aromatic carbocycles. The molecule has 0 bridgehead atoms. The molecule has 1 fully saturated rings. The van der Waals surface area contributed by atoms with Crippen molar-refractivity contribution in [2.75, 3.05) is 25.5 Å². The van der Waals surface area contributed by atoms with Gasteiger partial charge in [0.05, 0.1) is 19.1 Å². The summed E-state index contributed by atoms with van der Waals surface area (Å²) in [6.07, 6.45) is 5.39. The Kier molecular flexibility index (Phi) is 7.11. The summed E-state index contributed by atoms with van der Waals surface area (Å²) in [5.74, 6) is 0.621. The average Bonchev–Trinajstić information content (AvgIpc) is 3.47. The summed E-state index contributed by atoms with van der Waals surface area (Å²) in [5.41, 5.74) is 0.746. The van der Waals surface area contributed by atoms with Gasteiger partial charge in [-0.2, -0.15) is 4.31 Å². The molecule has 180 valence electrons. The van der Waals surface area contributed by atoms with E-state index in [9.17, 15) is 13.2 Å². The van der Waals surface area contributed by atoms with E-state index < -0.39 is 10.0 Å². The summed E-state index contributed by atoms with van der Waals surface area (Å²) >= 11 is 6.04. The quantitative estimate of drug-likeness (QED) is 0.504. The Hall–Kier alpha value is -3.08. The number of benzene rings is 1. The van der Waals surface area contributed by atoms with E-state index in [0.717, 1.165) is 0 Å². The Morgan fingerprint density at radius 1 is 1.26 bits per heavy atom. The number of amides is 1. The average molecular weight is 506 g/mol. The number of piperidine rings is 1. The largest absolute Gasteiger partial charge is 0.495 e. The molecule has 0 radical (unpaired) electrons. The lowest BCUT2D eigenvalue weighted by atomic mass is 9.97. The molecule has 3 aromatic rings. The molecule has 1 saturated heterocycles. The highest BCUT2D eigenvalue weighted by Gasteiger charge is 2.36. The SMILES string of the molecule is COc1ccc(Cl)cc1NC(=O)C1CCN(S(=O)(=O)c2c(C)noc2/C=C/c2ccco2)CC1. The summed E-state index contributed by atoms with van der Waals surface area (Å²) in [4.78, 5) is 12.8. The molecule has 34 heavy (non-hydrogen) atoms. The van der Waals surface area contributed by atoms with Gasteiger partial charge >= 0.3 is 0 Å².